The minimum absolute atomic E-state index is 0.158. The second-order valence-electron chi connectivity index (χ2n) is 4.73. The van der Waals surface area contributed by atoms with Crippen LogP contribution in [0.4, 0.5) is 11.6 Å². The molecule has 1 aliphatic rings. The molecule has 2 rings (SSSR count). The Morgan fingerprint density at radius 3 is 2.75 bits per heavy atom. The van der Waals surface area contributed by atoms with Crippen molar-refractivity contribution in [3.8, 4) is 0 Å². The predicted molar refractivity (Wildman–Crippen MR) is 76.5 cm³/mol. The van der Waals surface area contributed by atoms with Gasteiger partial charge in [0, 0.05) is 39.2 Å². The minimum Gasteiger partial charge on any atom is -0.377 e. The summed E-state index contributed by atoms with van der Waals surface area (Å²) >= 11 is 0. The lowest BCUT2D eigenvalue weighted by molar-refractivity contribution is -0.122. The molecule has 1 aromatic heterocycles. The van der Waals surface area contributed by atoms with E-state index in [1.807, 2.05) is 6.07 Å². The lowest BCUT2D eigenvalue weighted by Gasteiger charge is -2.10. The van der Waals surface area contributed by atoms with Gasteiger partial charge in [-0.25, -0.2) is 9.97 Å². The Kier molecular flexibility index (Phi) is 5.11. The van der Waals surface area contributed by atoms with Crippen molar-refractivity contribution < 1.29 is 9.53 Å². The van der Waals surface area contributed by atoms with E-state index in [9.17, 15) is 4.79 Å². The van der Waals surface area contributed by atoms with Crippen LogP contribution in [0.1, 0.15) is 18.7 Å². The fourth-order valence-corrected chi connectivity index (χ4v) is 1.78. The summed E-state index contributed by atoms with van der Waals surface area (Å²) in [5.74, 6) is 2.47. The third-order valence-electron chi connectivity index (χ3n) is 2.98. The fraction of sp³-hybridized carbons (Fsp3) is 0.615. The Balaban J connectivity index is 1.81. The Morgan fingerprint density at radius 2 is 2.10 bits per heavy atom. The minimum atomic E-state index is 0.158. The fourth-order valence-electron chi connectivity index (χ4n) is 1.78. The molecule has 1 aliphatic carbocycles. The normalized spacial score (nSPS) is 13.9. The summed E-state index contributed by atoms with van der Waals surface area (Å²) in [5.41, 5.74) is 0. The molecule has 1 fully saturated rings. The van der Waals surface area contributed by atoms with Gasteiger partial charge in [0.1, 0.15) is 18.2 Å². The molecule has 1 aromatic rings. The number of aromatic nitrogens is 2. The largest absolute Gasteiger partial charge is 0.377 e. The second kappa shape index (κ2) is 7.04. The maximum absolute atomic E-state index is 11.5. The van der Waals surface area contributed by atoms with Gasteiger partial charge in [0.15, 0.2) is 5.82 Å². The molecule has 7 nitrogen and oxygen atoms in total. The molecule has 0 spiro atoms. The first-order valence-electron chi connectivity index (χ1n) is 6.79. The van der Waals surface area contributed by atoms with Gasteiger partial charge in [-0.15, -0.1) is 0 Å². The number of rotatable bonds is 8. The van der Waals surface area contributed by atoms with Gasteiger partial charge in [0.25, 0.3) is 0 Å². The second-order valence-corrected chi connectivity index (χ2v) is 4.73. The van der Waals surface area contributed by atoms with Crippen LogP contribution in [0.5, 0.6) is 0 Å². The number of amides is 1. The molecule has 0 bridgehead atoms. The topological polar surface area (TPSA) is 88.2 Å². The van der Waals surface area contributed by atoms with Gasteiger partial charge in [-0.1, -0.05) is 0 Å². The van der Waals surface area contributed by atoms with E-state index in [1.165, 1.54) is 0 Å². The highest BCUT2D eigenvalue weighted by Crippen LogP contribution is 2.28. The standard InChI is InChI=1S/C13H21N5O2/c1-14-10-7-11(18-12(17-10)8-20-2)15-5-6-16-13(19)9-3-4-9/h7,9H,3-6,8H2,1-2H3,(H,16,19)(H2,14,15,17,18). The summed E-state index contributed by atoms with van der Waals surface area (Å²) in [4.78, 5) is 20.1. The molecule has 0 saturated heterocycles. The lowest BCUT2D eigenvalue weighted by Crippen LogP contribution is -2.30. The van der Waals surface area contributed by atoms with E-state index in [2.05, 4.69) is 25.9 Å². The zero-order chi connectivity index (χ0) is 14.4. The van der Waals surface area contributed by atoms with Crippen LogP contribution >= 0.6 is 0 Å². The smallest absolute Gasteiger partial charge is 0.223 e. The van der Waals surface area contributed by atoms with Crippen molar-refractivity contribution >= 4 is 17.5 Å². The first-order chi connectivity index (χ1) is 9.72. The number of carbonyl (C=O) groups excluding carboxylic acids is 1. The first kappa shape index (κ1) is 14.5. The highest BCUT2D eigenvalue weighted by Gasteiger charge is 2.28. The van der Waals surface area contributed by atoms with Gasteiger partial charge in [-0.3, -0.25) is 4.79 Å². The Labute approximate surface area is 118 Å². The van der Waals surface area contributed by atoms with Gasteiger partial charge in [0.2, 0.25) is 5.91 Å². The maximum atomic E-state index is 11.5. The van der Waals surface area contributed by atoms with E-state index in [0.29, 0.717) is 25.5 Å². The molecule has 110 valence electrons. The maximum Gasteiger partial charge on any atom is 0.223 e. The molecule has 0 unspecified atom stereocenters. The summed E-state index contributed by atoms with van der Waals surface area (Å²) in [6.45, 7) is 1.58. The molecule has 7 heteroatoms. The number of nitrogens with zero attached hydrogens (tertiary/aromatic N) is 2. The Hall–Kier alpha value is -1.89. The van der Waals surface area contributed by atoms with Crippen LogP contribution in [0.2, 0.25) is 0 Å². The predicted octanol–water partition coefficient (Wildman–Crippen LogP) is 0.603. The molecule has 1 heterocycles. The quantitative estimate of drug-likeness (QED) is 0.604. The van der Waals surface area contributed by atoms with Crippen LogP contribution in [-0.2, 0) is 16.1 Å². The SMILES string of the molecule is CNc1cc(NCCNC(=O)C2CC2)nc(COC)n1. The van der Waals surface area contributed by atoms with Crippen LogP contribution < -0.4 is 16.0 Å². The highest BCUT2D eigenvalue weighted by atomic mass is 16.5. The molecular weight excluding hydrogens is 258 g/mol. The Morgan fingerprint density at radius 1 is 1.35 bits per heavy atom. The first-order valence-corrected chi connectivity index (χ1v) is 6.79. The van der Waals surface area contributed by atoms with Crippen LogP contribution in [0.15, 0.2) is 6.07 Å². The van der Waals surface area contributed by atoms with E-state index in [1.54, 1.807) is 14.2 Å². The lowest BCUT2D eigenvalue weighted by atomic mass is 10.4. The number of methoxy groups -OCH3 is 1. The van der Waals surface area contributed by atoms with E-state index in [4.69, 9.17) is 4.74 Å². The monoisotopic (exact) mass is 279 g/mol. The average Bonchev–Trinajstić information content (AvgIpc) is 3.28. The van der Waals surface area contributed by atoms with E-state index < -0.39 is 0 Å². The van der Waals surface area contributed by atoms with Crippen LogP contribution in [0, 0.1) is 5.92 Å². The zero-order valence-corrected chi connectivity index (χ0v) is 11.9. The number of carbonyl (C=O) groups is 1. The van der Waals surface area contributed by atoms with Crippen LogP contribution in [-0.4, -0.2) is 43.1 Å². The summed E-state index contributed by atoms with van der Waals surface area (Å²) < 4.78 is 5.04. The summed E-state index contributed by atoms with van der Waals surface area (Å²) in [5, 5.41) is 9.05. The molecular formula is C13H21N5O2. The van der Waals surface area contributed by atoms with Crippen molar-refractivity contribution in [1.82, 2.24) is 15.3 Å². The third-order valence-corrected chi connectivity index (χ3v) is 2.98. The van der Waals surface area contributed by atoms with Crippen molar-refractivity contribution in [1.29, 1.82) is 0 Å². The molecule has 1 saturated carbocycles. The third kappa shape index (κ3) is 4.34. The van der Waals surface area contributed by atoms with Gasteiger partial charge < -0.3 is 20.7 Å². The van der Waals surface area contributed by atoms with Gasteiger partial charge >= 0.3 is 0 Å². The summed E-state index contributed by atoms with van der Waals surface area (Å²) in [7, 11) is 3.41. The van der Waals surface area contributed by atoms with E-state index in [0.717, 1.165) is 24.5 Å². The van der Waals surface area contributed by atoms with Gasteiger partial charge in [0.05, 0.1) is 0 Å². The van der Waals surface area contributed by atoms with Crippen LogP contribution in [0.3, 0.4) is 0 Å². The van der Waals surface area contributed by atoms with Crippen LogP contribution in [0.25, 0.3) is 0 Å². The zero-order valence-electron chi connectivity index (χ0n) is 11.9. The number of hydrogen-bond acceptors (Lipinski definition) is 6. The number of anilines is 2. The number of nitrogens with one attached hydrogen (secondary N) is 3. The Bertz CT molecular complexity index is 462. The number of ether oxygens (including phenoxy) is 1. The van der Waals surface area contributed by atoms with Gasteiger partial charge in [-0.2, -0.15) is 0 Å². The highest BCUT2D eigenvalue weighted by molar-refractivity contribution is 5.80. The molecule has 0 atom stereocenters. The molecule has 0 aliphatic heterocycles. The van der Waals surface area contributed by atoms with E-state index >= 15 is 0 Å². The van der Waals surface area contributed by atoms with Crippen molar-refractivity contribution in [3.05, 3.63) is 11.9 Å². The summed E-state index contributed by atoms with van der Waals surface area (Å²) in [6.07, 6.45) is 2.05. The molecule has 0 radical (unpaired) electrons. The number of hydrogen-bond donors (Lipinski definition) is 3. The van der Waals surface area contributed by atoms with Crippen molar-refractivity contribution in [3.63, 3.8) is 0 Å². The van der Waals surface area contributed by atoms with Crippen molar-refractivity contribution in [2.75, 3.05) is 37.9 Å². The molecule has 0 aromatic carbocycles. The summed E-state index contributed by atoms with van der Waals surface area (Å²) in [6, 6.07) is 1.82. The average molecular weight is 279 g/mol. The molecule has 20 heavy (non-hydrogen) atoms. The van der Waals surface area contributed by atoms with Crippen molar-refractivity contribution in [2.45, 2.75) is 19.4 Å². The molecule has 3 N–H and O–H groups in total. The van der Waals surface area contributed by atoms with Crippen molar-refractivity contribution in [2.24, 2.45) is 5.92 Å². The van der Waals surface area contributed by atoms with E-state index in [-0.39, 0.29) is 11.8 Å². The molecule has 1 amide bonds. The van der Waals surface area contributed by atoms with Gasteiger partial charge in [-0.05, 0) is 12.8 Å².